The summed E-state index contributed by atoms with van der Waals surface area (Å²) in [7, 11) is -3.32. The zero-order valence-electron chi connectivity index (χ0n) is 12.6. The van der Waals surface area contributed by atoms with E-state index in [1.165, 1.54) is 0 Å². The van der Waals surface area contributed by atoms with Crippen molar-refractivity contribution in [3.63, 3.8) is 0 Å². The van der Waals surface area contributed by atoms with Crippen LogP contribution in [0.3, 0.4) is 0 Å². The second kappa shape index (κ2) is 7.57. The SMILES string of the molecule is C[C@H]1CNCCN1C(=O)CCCS(=O)(=O)c1ccc(Br)cc1. The number of sulfone groups is 1. The van der Waals surface area contributed by atoms with Crippen molar-refractivity contribution in [1.29, 1.82) is 0 Å². The molecule has 0 aromatic heterocycles. The van der Waals surface area contributed by atoms with Gasteiger partial charge in [-0.1, -0.05) is 15.9 Å². The first-order valence-corrected chi connectivity index (χ1v) is 9.83. The average molecular weight is 389 g/mol. The summed E-state index contributed by atoms with van der Waals surface area (Å²) in [5.41, 5.74) is 0. The first-order chi connectivity index (χ1) is 10.4. The van der Waals surface area contributed by atoms with E-state index in [2.05, 4.69) is 21.2 Å². The fraction of sp³-hybridized carbons (Fsp3) is 0.533. The Hall–Kier alpha value is -0.920. The standard InChI is InChI=1S/C15H21BrN2O3S/c1-12-11-17-8-9-18(12)15(19)3-2-10-22(20,21)14-6-4-13(16)5-7-14/h4-7,12,17H,2-3,8-11H2,1H3/t12-/m0/s1. The minimum absolute atomic E-state index is 0.000837. The van der Waals surface area contributed by atoms with Gasteiger partial charge in [0.1, 0.15) is 0 Å². The van der Waals surface area contributed by atoms with Gasteiger partial charge in [-0.3, -0.25) is 4.79 Å². The molecule has 1 aromatic rings. The average Bonchev–Trinajstić information content (AvgIpc) is 2.48. The Balaban J connectivity index is 1.87. The third-order valence-corrected chi connectivity index (χ3v) is 6.14. The molecule has 0 radical (unpaired) electrons. The number of rotatable bonds is 5. The topological polar surface area (TPSA) is 66.5 Å². The van der Waals surface area contributed by atoms with Gasteiger partial charge in [-0.15, -0.1) is 0 Å². The van der Waals surface area contributed by atoms with Crippen molar-refractivity contribution in [2.45, 2.75) is 30.7 Å². The minimum Gasteiger partial charge on any atom is -0.337 e. The molecule has 5 nitrogen and oxygen atoms in total. The number of nitrogens with one attached hydrogen (secondary N) is 1. The minimum atomic E-state index is -3.32. The molecule has 0 aliphatic carbocycles. The summed E-state index contributed by atoms with van der Waals surface area (Å²) in [6.45, 7) is 4.29. The summed E-state index contributed by atoms with van der Waals surface area (Å²) in [6, 6.07) is 6.75. The van der Waals surface area contributed by atoms with Crippen molar-refractivity contribution in [2.75, 3.05) is 25.4 Å². The molecule has 1 amide bonds. The van der Waals surface area contributed by atoms with Crippen molar-refractivity contribution < 1.29 is 13.2 Å². The third-order valence-electron chi connectivity index (χ3n) is 3.80. The van der Waals surface area contributed by atoms with Crippen LogP contribution in [-0.4, -0.2) is 50.7 Å². The Morgan fingerprint density at radius 1 is 1.36 bits per heavy atom. The second-order valence-electron chi connectivity index (χ2n) is 5.52. The van der Waals surface area contributed by atoms with E-state index >= 15 is 0 Å². The van der Waals surface area contributed by atoms with Crippen LogP contribution in [0.25, 0.3) is 0 Å². The second-order valence-corrected chi connectivity index (χ2v) is 8.54. The van der Waals surface area contributed by atoms with Crippen molar-refractivity contribution in [1.82, 2.24) is 10.2 Å². The summed E-state index contributed by atoms with van der Waals surface area (Å²) in [5, 5.41) is 3.23. The van der Waals surface area contributed by atoms with Crippen LogP contribution in [0.2, 0.25) is 0 Å². The molecule has 0 spiro atoms. The molecule has 1 aliphatic rings. The fourth-order valence-electron chi connectivity index (χ4n) is 2.53. The Kier molecular flexibility index (Phi) is 6.00. The maximum absolute atomic E-state index is 12.2. The highest BCUT2D eigenvalue weighted by Crippen LogP contribution is 2.17. The summed E-state index contributed by atoms with van der Waals surface area (Å²) in [6.07, 6.45) is 0.633. The van der Waals surface area contributed by atoms with Crippen molar-refractivity contribution in [3.05, 3.63) is 28.7 Å². The van der Waals surface area contributed by atoms with Crippen LogP contribution in [-0.2, 0) is 14.6 Å². The van der Waals surface area contributed by atoms with Crippen LogP contribution in [0.1, 0.15) is 19.8 Å². The van der Waals surface area contributed by atoms with Gasteiger partial charge in [-0.05, 0) is 37.6 Å². The van der Waals surface area contributed by atoms with Crippen molar-refractivity contribution >= 4 is 31.7 Å². The van der Waals surface area contributed by atoms with Gasteiger partial charge in [-0.25, -0.2) is 8.42 Å². The van der Waals surface area contributed by atoms with E-state index in [4.69, 9.17) is 0 Å². The molecule has 1 N–H and O–H groups in total. The highest BCUT2D eigenvalue weighted by molar-refractivity contribution is 9.10. The number of hydrogen-bond donors (Lipinski definition) is 1. The van der Waals surface area contributed by atoms with E-state index in [0.717, 1.165) is 17.6 Å². The molecule has 1 aromatic carbocycles. The molecule has 1 atom stereocenters. The smallest absolute Gasteiger partial charge is 0.222 e. The van der Waals surface area contributed by atoms with Crippen molar-refractivity contribution in [2.24, 2.45) is 0 Å². The molecule has 1 heterocycles. The fourth-order valence-corrected chi connectivity index (χ4v) is 4.10. The molecule has 1 aliphatic heterocycles. The summed E-state index contributed by atoms with van der Waals surface area (Å²) < 4.78 is 25.3. The molecule has 0 saturated carbocycles. The lowest BCUT2D eigenvalue weighted by molar-refractivity contribution is -0.133. The summed E-state index contributed by atoms with van der Waals surface area (Å²) in [5.74, 6) is 0.0425. The predicted molar refractivity (Wildman–Crippen MR) is 89.5 cm³/mol. The number of carbonyl (C=O) groups excluding carboxylic acids is 1. The molecule has 0 bridgehead atoms. The first-order valence-electron chi connectivity index (χ1n) is 7.38. The van der Waals surface area contributed by atoms with E-state index in [0.29, 0.717) is 17.9 Å². The number of nitrogens with zero attached hydrogens (tertiary/aromatic N) is 1. The molecule has 1 saturated heterocycles. The Labute approximate surface area is 140 Å². The molecule has 22 heavy (non-hydrogen) atoms. The van der Waals surface area contributed by atoms with Gasteiger partial charge >= 0.3 is 0 Å². The van der Waals surface area contributed by atoms with E-state index in [1.807, 2.05) is 11.8 Å². The maximum Gasteiger partial charge on any atom is 0.222 e. The molecule has 122 valence electrons. The molecule has 1 fully saturated rings. The number of halogens is 1. The van der Waals surface area contributed by atoms with Gasteiger partial charge in [0.15, 0.2) is 9.84 Å². The number of amides is 1. The van der Waals surface area contributed by atoms with E-state index in [9.17, 15) is 13.2 Å². The lowest BCUT2D eigenvalue weighted by atomic mass is 10.2. The van der Waals surface area contributed by atoms with Crippen LogP contribution in [0.15, 0.2) is 33.6 Å². The molecular formula is C15H21BrN2O3S. The highest BCUT2D eigenvalue weighted by Gasteiger charge is 2.23. The highest BCUT2D eigenvalue weighted by atomic mass is 79.9. The van der Waals surface area contributed by atoms with E-state index in [-0.39, 0.29) is 24.1 Å². The normalized spacial score (nSPS) is 19.2. The van der Waals surface area contributed by atoms with Crippen LogP contribution in [0.4, 0.5) is 0 Å². The monoisotopic (exact) mass is 388 g/mol. The van der Waals surface area contributed by atoms with Gasteiger partial charge in [-0.2, -0.15) is 0 Å². The zero-order chi connectivity index (χ0) is 16.2. The molecule has 2 rings (SSSR count). The van der Waals surface area contributed by atoms with Gasteiger partial charge in [0.25, 0.3) is 0 Å². The summed E-state index contributed by atoms with van der Waals surface area (Å²) >= 11 is 3.28. The van der Waals surface area contributed by atoms with Gasteiger partial charge < -0.3 is 10.2 Å². The quantitative estimate of drug-likeness (QED) is 0.835. The van der Waals surface area contributed by atoms with Crippen LogP contribution < -0.4 is 5.32 Å². The summed E-state index contributed by atoms with van der Waals surface area (Å²) in [4.78, 5) is 14.3. The first kappa shape index (κ1) is 17.4. The van der Waals surface area contributed by atoms with Crippen molar-refractivity contribution in [3.8, 4) is 0 Å². The number of hydrogen-bond acceptors (Lipinski definition) is 4. The Bertz CT molecular complexity index is 616. The molecule has 7 heteroatoms. The van der Waals surface area contributed by atoms with Crippen LogP contribution in [0.5, 0.6) is 0 Å². The number of carbonyl (C=O) groups is 1. The predicted octanol–water partition coefficient (Wildman–Crippen LogP) is 1.82. The van der Waals surface area contributed by atoms with Crippen LogP contribution in [0, 0.1) is 0 Å². The Morgan fingerprint density at radius 3 is 2.68 bits per heavy atom. The molecule has 0 unspecified atom stereocenters. The third kappa shape index (κ3) is 4.54. The maximum atomic E-state index is 12.2. The van der Waals surface area contributed by atoms with E-state index in [1.54, 1.807) is 24.3 Å². The van der Waals surface area contributed by atoms with E-state index < -0.39 is 9.84 Å². The van der Waals surface area contributed by atoms with Crippen LogP contribution >= 0.6 is 15.9 Å². The van der Waals surface area contributed by atoms with Gasteiger partial charge in [0.05, 0.1) is 10.6 Å². The Morgan fingerprint density at radius 2 is 2.05 bits per heavy atom. The molecular weight excluding hydrogens is 368 g/mol. The number of piperazine rings is 1. The van der Waals surface area contributed by atoms with Gasteiger partial charge in [0, 0.05) is 36.6 Å². The largest absolute Gasteiger partial charge is 0.337 e. The lowest BCUT2D eigenvalue weighted by Crippen LogP contribution is -2.52. The number of benzene rings is 1. The van der Waals surface area contributed by atoms with Gasteiger partial charge in [0.2, 0.25) is 5.91 Å². The lowest BCUT2D eigenvalue weighted by Gasteiger charge is -2.34. The zero-order valence-corrected chi connectivity index (χ0v) is 15.0.